The van der Waals surface area contributed by atoms with Gasteiger partial charge >= 0.3 is 0 Å². The second kappa shape index (κ2) is 5.58. The van der Waals surface area contributed by atoms with Gasteiger partial charge in [-0.05, 0) is 25.1 Å². The van der Waals surface area contributed by atoms with Gasteiger partial charge in [0.15, 0.2) is 11.5 Å². The van der Waals surface area contributed by atoms with E-state index < -0.39 is 0 Å². The van der Waals surface area contributed by atoms with Crippen LogP contribution >= 0.6 is 0 Å². The van der Waals surface area contributed by atoms with Gasteiger partial charge in [0.25, 0.3) is 0 Å². The number of anilines is 3. The quantitative estimate of drug-likeness (QED) is 0.596. The number of nitrogen functional groups attached to an aromatic ring is 1. The van der Waals surface area contributed by atoms with Crippen molar-refractivity contribution in [3.63, 3.8) is 0 Å². The van der Waals surface area contributed by atoms with Gasteiger partial charge in [-0.1, -0.05) is 0 Å². The molecule has 0 unspecified atom stereocenters. The maximum absolute atomic E-state index is 5.83. The molecular weight excluding hydrogens is 304 g/mol. The molecule has 0 atom stereocenters. The van der Waals surface area contributed by atoms with E-state index in [-0.39, 0.29) is 0 Å². The Labute approximate surface area is 137 Å². The summed E-state index contributed by atoms with van der Waals surface area (Å²) in [6.07, 6.45) is 6.96. The molecule has 4 heterocycles. The first kappa shape index (κ1) is 14.1. The summed E-state index contributed by atoms with van der Waals surface area (Å²) in [6, 6.07) is 7.36. The molecule has 24 heavy (non-hydrogen) atoms. The Morgan fingerprint density at radius 1 is 1.12 bits per heavy atom. The molecule has 118 valence electrons. The maximum atomic E-state index is 5.83. The third-order valence-electron chi connectivity index (χ3n) is 3.43. The van der Waals surface area contributed by atoms with Crippen LogP contribution in [0, 0.1) is 6.92 Å². The Balaban J connectivity index is 1.80. The van der Waals surface area contributed by atoms with Crippen LogP contribution in [0.2, 0.25) is 0 Å². The topological polar surface area (TPSA) is 107 Å². The molecule has 0 amide bonds. The van der Waals surface area contributed by atoms with Gasteiger partial charge in [-0.3, -0.25) is 4.98 Å². The van der Waals surface area contributed by atoms with Crippen molar-refractivity contribution in [3.05, 3.63) is 54.9 Å². The smallest absolute Gasteiger partial charge is 0.165 e. The predicted octanol–water partition coefficient (Wildman–Crippen LogP) is 2.22. The molecule has 0 saturated heterocycles. The van der Waals surface area contributed by atoms with Crippen LogP contribution in [0.25, 0.3) is 16.9 Å². The number of hydrogen-bond donors (Lipinski definition) is 2. The molecule has 3 N–H and O–H groups in total. The zero-order valence-electron chi connectivity index (χ0n) is 12.9. The van der Waals surface area contributed by atoms with Gasteiger partial charge in [-0.25, -0.2) is 19.5 Å². The Morgan fingerprint density at radius 3 is 2.83 bits per heavy atom. The zero-order chi connectivity index (χ0) is 16.5. The van der Waals surface area contributed by atoms with Gasteiger partial charge in [-0.2, -0.15) is 5.10 Å². The van der Waals surface area contributed by atoms with Gasteiger partial charge in [0.1, 0.15) is 11.6 Å². The Hall–Kier alpha value is -3.55. The first-order valence-electron chi connectivity index (χ1n) is 7.32. The largest absolute Gasteiger partial charge is 0.384 e. The molecule has 0 aromatic carbocycles. The first-order chi connectivity index (χ1) is 11.7. The van der Waals surface area contributed by atoms with E-state index in [1.807, 2.05) is 24.4 Å². The predicted molar refractivity (Wildman–Crippen MR) is 90.7 cm³/mol. The summed E-state index contributed by atoms with van der Waals surface area (Å²) in [5.74, 6) is 1.70. The molecule has 0 aliphatic heterocycles. The summed E-state index contributed by atoms with van der Waals surface area (Å²) in [5, 5.41) is 7.50. The summed E-state index contributed by atoms with van der Waals surface area (Å²) >= 11 is 0. The summed E-state index contributed by atoms with van der Waals surface area (Å²) in [7, 11) is 0. The number of imidazole rings is 1. The van der Waals surface area contributed by atoms with E-state index in [0.717, 1.165) is 11.3 Å². The van der Waals surface area contributed by atoms with Crippen molar-refractivity contribution in [1.82, 2.24) is 29.5 Å². The van der Waals surface area contributed by atoms with Gasteiger partial charge < -0.3 is 11.1 Å². The van der Waals surface area contributed by atoms with Crippen LogP contribution in [0.15, 0.2) is 49.1 Å². The van der Waals surface area contributed by atoms with Gasteiger partial charge in [-0.15, -0.1) is 0 Å². The number of pyridine rings is 1. The standard InChI is InChI=1S/C16H14N8/c1-10-20-13(7-14(17)21-10)12-4-6-19-24-9-15(23-16(12)24)22-11-3-2-5-18-8-11/h2-9,22H,1H3,(H2,17,20,21). The number of nitrogens with two attached hydrogens (primary N) is 1. The van der Waals surface area contributed by atoms with E-state index in [4.69, 9.17) is 5.73 Å². The average Bonchev–Trinajstić information content (AvgIpc) is 2.97. The molecular formula is C16H14N8. The molecule has 0 spiro atoms. The van der Waals surface area contributed by atoms with Gasteiger partial charge in [0, 0.05) is 24.0 Å². The minimum absolute atomic E-state index is 0.424. The molecule has 0 fully saturated rings. The fourth-order valence-electron chi connectivity index (χ4n) is 2.47. The van der Waals surface area contributed by atoms with Crippen LogP contribution in [0.3, 0.4) is 0 Å². The highest BCUT2D eigenvalue weighted by atomic mass is 15.3. The van der Waals surface area contributed by atoms with Crippen LogP contribution in [-0.2, 0) is 0 Å². The van der Waals surface area contributed by atoms with E-state index in [2.05, 4.69) is 30.4 Å². The summed E-state index contributed by atoms with van der Waals surface area (Å²) in [5.41, 5.74) is 8.92. The number of aromatic nitrogens is 6. The van der Waals surface area contributed by atoms with E-state index in [1.165, 1.54) is 0 Å². The fourth-order valence-corrected chi connectivity index (χ4v) is 2.47. The lowest BCUT2D eigenvalue weighted by molar-refractivity contribution is 0.935. The van der Waals surface area contributed by atoms with Crippen molar-refractivity contribution in [2.45, 2.75) is 6.92 Å². The van der Waals surface area contributed by atoms with Crippen LogP contribution < -0.4 is 11.1 Å². The second-order valence-corrected chi connectivity index (χ2v) is 5.23. The summed E-state index contributed by atoms with van der Waals surface area (Å²) < 4.78 is 1.70. The van der Waals surface area contributed by atoms with E-state index in [0.29, 0.717) is 28.8 Å². The molecule has 0 saturated carbocycles. The van der Waals surface area contributed by atoms with Crippen LogP contribution in [0.1, 0.15) is 5.82 Å². The SMILES string of the molecule is Cc1nc(N)cc(-c2ccnn3cc(Nc4cccnc4)nc23)n1. The number of nitrogens with one attached hydrogen (secondary N) is 1. The molecule has 8 heteroatoms. The fraction of sp³-hybridized carbons (Fsp3) is 0.0625. The number of fused-ring (bicyclic) bond motifs is 1. The second-order valence-electron chi connectivity index (χ2n) is 5.23. The highest BCUT2D eigenvalue weighted by Crippen LogP contribution is 2.25. The molecule has 4 aromatic heterocycles. The number of hydrogen-bond acceptors (Lipinski definition) is 7. The van der Waals surface area contributed by atoms with Crippen molar-refractivity contribution in [2.24, 2.45) is 0 Å². The molecule has 0 radical (unpaired) electrons. The molecule has 0 bridgehead atoms. The monoisotopic (exact) mass is 318 g/mol. The lowest BCUT2D eigenvalue weighted by atomic mass is 10.2. The summed E-state index contributed by atoms with van der Waals surface area (Å²) in [4.78, 5) is 17.2. The van der Waals surface area contributed by atoms with Crippen molar-refractivity contribution < 1.29 is 0 Å². The Kier molecular flexibility index (Phi) is 3.27. The van der Waals surface area contributed by atoms with Gasteiger partial charge in [0.05, 0.1) is 23.8 Å². The molecule has 4 aromatic rings. The van der Waals surface area contributed by atoms with Crippen molar-refractivity contribution in [2.75, 3.05) is 11.1 Å². The highest BCUT2D eigenvalue weighted by Gasteiger charge is 2.11. The lowest BCUT2D eigenvalue weighted by Crippen LogP contribution is -1.99. The molecule has 4 rings (SSSR count). The Morgan fingerprint density at radius 2 is 2.04 bits per heavy atom. The van der Waals surface area contributed by atoms with Crippen molar-refractivity contribution >= 4 is 23.0 Å². The van der Waals surface area contributed by atoms with Gasteiger partial charge in [0.2, 0.25) is 0 Å². The normalized spacial score (nSPS) is 10.9. The maximum Gasteiger partial charge on any atom is 0.165 e. The molecule has 0 aliphatic rings. The third kappa shape index (κ3) is 2.60. The minimum atomic E-state index is 0.424. The summed E-state index contributed by atoms with van der Waals surface area (Å²) in [6.45, 7) is 1.80. The number of rotatable bonds is 3. The van der Waals surface area contributed by atoms with E-state index >= 15 is 0 Å². The van der Waals surface area contributed by atoms with Crippen LogP contribution in [-0.4, -0.2) is 29.5 Å². The number of nitrogens with zero attached hydrogens (tertiary/aromatic N) is 6. The first-order valence-corrected chi connectivity index (χ1v) is 7.32. The Bertz CT molecular complexity index is 989. The number of aryl methyl sites for hydroxylation is 1. The third-order valence-corrected chi connectivity index (χ3v) is 3.43. The zero-order valence-corrected chi connectivity index (χ0v) is 12.9. The minimum Gasteiger partial charge on any atom is -0.384 e. The van der Waals surface area contributed by atoms with Crippen molar-refractivity contribution in [1.29, 1.82) is 0 Å². The van der Waals surface area contributed by atoms with Crippen molar-refractivity contribution in [3.8, 4) is 11.3 Å². The van der Waals surface area contributed by atoms with Crippen LogP contribution in [0.5, 0.6) is 0 Å². The van der Waals surface area contributed by atoms with Crippen LogP contribution in [0.4, 0.5) is 17.3 Å². The van der Waals surface area contributed by atoms with E-state index in [1.54, 1.807) is 36.1 Å². The average molecular weight is 318 g/mol. The highest BCUT2D eigenvalue weighted by molar-refractivity contribution is 5.77. The molecule has 0 aliphatic carbocycles. The lowest BCUT2D eigenvalue weighted by Gasteiger charge is -2.04. The van der Waals surface area contributed by atoms with E-state index in [9.17, 15) is 0 Å². The molecule has 8 nitrogen and oxygen atoms in total.